The molecule has 0 bridgehead atoms. The van der Waals surface area contributed by atoms with E-state index < -0.39 is 11.2 Å². The summed E-state index contributed by atoms with van der Waals surface area (Å²) in [4.78, 5) is 32.6. The lowest BCUT2D eigenvalue weighted by molar-refractivity contribution is 0.539. The van der Waals surface area contributed by atoms with E-state index in [2.05, 4.69) is 9.97 Å². The van der Waals surface area contributed by atoms with Crippen LogP contribution in [0.3, 0.4) is 0 Å². The van der Waals surface area contributed by atoms with E-state index in [0.29, 0.717) is 5.82 Å². The molecule has 2 heterocycles. The third-order valence-corrected chi connectivity index (χ3v) is 3.23. The Labute approximate surface area is 115 Å². The highest BCUT2D eigenvalue weighted by Gasteiger charge is 2.20. The van der Waals surface area contributed by atoms with Crippen molar-refractivity contribution in [3.8, 4) is 0 Å². The first-order valence-corrected chi connectivity index (χ1v) is 6.20. The van der Waals surface area contributed by atoms with Gasteiger partial charge in [0.2, 0.25) is 0 Å². The SMILES string of the molecule is Cn1c(=O)c2c([S-])nc(C(C)(C)C)nc2n(C)c1=O. The number of hydrogen-bond acceptors (Lipinski definition) is 5. The van der Waals surface area contributed by atoms with Gasteiger partial charge >= 0.3 is 5.69 Å². The van der Waals surface area contributed by atoms with Crippen molar-refractivity contribution in [3.05, 3.63) is 26.7 Å². The van der Waals surface area contributed by atoms with E-state index in [0.717, 1.165) is 4.57 Å². The standard InChI is InChI=1S/C12H16N4O2S/c1-12(2,3)10-13-7-6(8(19)14-10)9(17)16(5)11(18)15(7)4/h1-5H3,(H,13,14,19)/p-1. The molecule has 2 aromatic heterocycles. The minimum absolute atomic E-state index is 0.186. The Hall–Kier alpha value is -1.76. The van der Waals surface area contributed by atoms with Crippen LogP contribution in [0.2, 0.25) is 0 Å². The van der Waals surface area contributed by atoms with Crippen LogP contribution in [0.4, 0.5) is 0 Å². The van der Waals surface area contributed by atoms with Gasteiger partial charge in [0.05, 0.1) is 5.39 Å². The van der Waals surface area contributed by atoms with E-state index in [1.165, 1.54) is 11.6 Å². The summed E-state index contributed by atoms with van der Waals surface area (Å²) >= 11 is 5.18. The van der Waals surface area contributed by atoms with Gasteiger partial charge in [0.25, 0.3) is 5.56 Å². The van der Waals surface area contributed by atoms with E-state index >= 15 is 0 Å². The fraction of sp³-hybridized carbons (Fsp3) is 0.500. The summed E-state index contributed by atoms with van der Waals surface area (Å²) in [6, 6.07) is 0. The maximum absolute atomic E-state index is 12.1. The van der Waals surface area contributed by atoms with E-state index in [1.807, 2.05) is 20.8 Å². The van der Waals surface area contributed by atoms with E-state index in [4.69, 9.17) is 12.6 Å². The number of aromatic nitrogens is 4. The van der Waals surface area contributed by atoms with Crippen molar-refractivity contribution >= 4 is 23.7 Å². The zero-order valence-electron chi connectivity index (χ0n) is 11.5. The molecule has 0 aliphatic rings. The zero-order chi connectivity index (χ0) is 14.5. The highest BCUT2D eigenvalue weighted by Crippen LogP contribution is 2.20. The molecule has 7 heteroatoms. The van der Waals surface area contributed by atoms with Crippen molar-refractivity contribution in [2.24, 2.45) is 14.1 Å². The maximum Gasteiger partial charge on any atom is 0.332 e. The quantitative estimate of drug-likeness (QED) is 0.510. The van der Waals surface area contributed by atoms with Gasteiger partial charge in [-0.1, -0.05) is 25.8 Å². The molecule has 0 N–H and O–H groups in total. The van der Waals surface area contributed by atoms with E-state index in [9.17, 15) is 9.59 Å². The highest BCUT2D eigenvalue weighted by atomic mass is 32.1. The predicted molar refractivity (Wildman–Crippen MR) is 74.4 cm³/mol. The average Bonchev–Trinajstić information content (AvgIpc) is 2.31. The first kappa shape index (κ1) is 13.7. The van der Waals surface area contributed by atoms with Gasteiger partial charge in [-0.05, 0) is 0 Å². The van der Waals surface area contributed by atoms with Crippen molar-refractivity contribution in [1.29, 1.82) is 0 Å². The van der Waals surface area contributed by atoms with Crippen LogP contribution in [0, 0.1) is 0 Å². The van der Waals surface area contributed by atoms with Crippen LogP contribution in [-0.4, -0.2) is 19.1 Å². The molecule has 0 aliphatic heterocycles. The second-order valence-electron chi connectivity index (χ2n) is 5.51. The summed E-state index contributed by atoms with van der Waals surface area (Å²) in [6.07, 6.45) is 0. The molecule has 0 amide bonds. The van der Waals surface area contributed by atoms with Crippen LogP contribution >= 0.6 is 0 Å². The van der Waals surface area contributed by atoms with Gasteiger partial charge in [0.1, 0.15) is 5.82 Å². The molecular formula is C12H15N4O2S-. The Morgan fingerprint density at radius 2 is 1.63 bits per heavy atom. The Kier molecular flexibility index (Phi) is 2.97. The van der Waals surface area contributed by atoms with Crippen molar-refractivity contribution in [3.63, 3.8) is 0 Å². The molecule has 0 saturated carbocycles. The number of rotatable bonds is 0. The minimum atomic E-state index is -0.455. The summed E-state index contributed by atoms with van der Waals surface area (Å²) in [5, 5.41) is 0.402. The van der Waals surface area contributed by atoms with E-state index in [1.54, 1.807) is 7.05 Å². The molecule has 102 valence electrons. The van der Waals surface area contributed by atoms with Crippen molar-refractivity contribution in [1.82, 2.24) is 19.1 Å². The zero-order valence-corrected chi connectivity index (χ0v) is 12.3. The number of nitrogens with zero attached hydrogens (tertiary/aromatic N) is 4. The second kappa shape index (κ2) is 4.12. The van der Waals surface area contributed by atoms with Crippen molar-refractivity contribution in [2.75, 3.05) is 0 Å². The summed E-state index contributed by atoms with van der Waals surface area (Å²) < 4.78 is 2.34. The molecule has 2 rings (SSSR count). The first-order chi connectivity index (χ1) is 8.64. The highest BCUT2D eigenvalue weighted by molar-refractivity contribution is 7.59. The molecular weight excluding hydrogens is 264 g/mol. The van der Waals surface area contributed by atoms with Crippen LogP contribution in [0.15, 0.2) is 14.6 Å². The van der Waals surface area contributed by atoms with Gasteiger partial charge < -0.3 is 12.6 Å². The summed E-state index contributed by atoms with van der Waals surface area (Å²) in [6.45, 7) is 5.84. The fourth-order valence-corrected chi connectivity index (χ4v) is 2.03. The summed E-state index contributed by atoms with van der Waals surface area (Å²) in [7, 11) is 2.98. The molecule has 0 radical (unpaired) electrons. The van der Waals surface area contributed by atoms with Gasteiger partial charge in [-0.2, -0.15) is 0 Å². The third kappa shape index (κ3) is 2.03. The Balaban J connectivity index is 3.07. The molecule has 19 heavy (non-hydrogen) atoms. The van der Waals surface area contributed by atoms with Gasteiger partial charge in [0.15, 0.2) is 5.65 Å². The smallest absolute Gasteiger partial charge is 0.332 e. The topological polar surface area (TPSA) is 69.8 Å². The second-order valence-corrected chi connectivity index (χ2v) is 5.89. The lowest BCUT2D eigenvalue weighted by Crippen LogP contribution is -2.38. The molecule has 0 fully saturated rings. The largest absolute Gasteiger partial charge is 0.759 e. The van der Waals surface area contributed by atoms with Gasteiger partial charge in [-0.3, -0.25) is 18.9 Å². The van der Waals surface area contributed by atoms with Crippen molar-refractivity contribution in [2.45, 2.75) is 31.2 Å². The third-order valence-electron chi connectivity index (χ3n) is 2.94. The Morgan fingerprint density at radius 1 is 1.05 bits per heavy atom. The van der Waals surface area contributed by atoms with Gasteiger partial charge in [-0.25, -0.2) is 9.78 Å². The fourth-order valence-electron chi connectivity index (χ4n) is 1.76. The number of hydrogen-bond donors (Lipinski definition) is 0. The van der Waals surface area contributed by atoms with Gasteiger partial charge in [0, 0.05) is 19.5 Å². The lowest BCUT2D eigenvalue weighted by atomic mass is 9.96. The van der Waals surface area contributed by atoms with Crippen molar-refractivity contribution < 1.29 is 0 Å². The molecule has 0 saturated heterocycles. The number of fused-ring (bicyclic) bond motifs is 1. The molecule has 0 aliphatic carbocycles. The summed E-state index contributed by atoms with van der Waals surface area (Å²) in [5.41, 5.74) is -0.897. The van der Waals surface area contributed by atoms with Crippen LogP contribution in [-0.2, 0) is 32.1 Å². The molecule has 0 atom stereocenters. The maximum atomic E-state index is 12.1. The lowest BCUT2D eigenvalue weighted by Gasteiger charge is -2.21. The monoisotopic (exact) mass is 279 g/mol. The minimum Gasteiger partial charge on any atom is -0.759 e. The Morgan fingerprint density at radius 3 is 2.16 bits per heavy atom. The first-order valence-electron chi connectivity index (χ1n) is 5.80. The number of aryl methyl sites for hydroxylation is 1. The normalized spacial score (nSPS) is 12.1. The van der Waals surface area contributed by atoms with Crippen LogP contribution in [0.25, 0.3) is 11.0 Å². The molecule has 0 unspecified atom stereocenters. The van der Waals surface area contributed by atoms with E-state index in [-0.39, 0.29) is 21.5 Å². The van der Waals surface area contributed by atoms with Crippen LogP contribution < -0.4 is 11.2 Å². The molecule has 6 nitrogen and oxygen atoms in total. The predicted octanol–water partition coefficient (Wildman–Crippen LogP) is 0.231. The van der Waals surface area contributed by atoms with Crippen LogP contribution in [0.1, 0.15) is 26.6 Å². The van der Waals surface area contributed by atoms with Gasteiger partial charge in [-0.15, -0.1) is 0 Å². The average molecular weight is 279 g/mol. The van der Waals surface area contributed by atoms with Crippen LogP contribution in [0.5, 0.6) is 0 Å². The Bertz CT molecular complexity index is 783. The molecule has 0 spiro atoms. The molecule has 0 aromatic carbocycles. The summed E-state index contributed by atoms with van der Waals surface area (Å²) in [5.74, 6) is 0.522. The molecule has 2 aromatic rings.